The van der Waals surface area contributed by atoms with E-state index in [1.807, 2.05) is 35.4 Å². The normalized spacial score (nSPS) is 14.5. The third-order valence-electron chi connectivity index (χ3n) is 5.91. The van der Waals surface area contributed by atoms with E-state index >= 15 is 0 Å². The van der Waals surface area contributed by atoms with Crippen molar-refractivity contribution in [2.75, 3.05) is 13.1 Å². The molecule has 33 heavy (non-hydrogen) atoms. The maximum atomic E-state index is 13.1. The zero-order chi connectivity index (χ0) is 22.8. The number of pyridine rings is 1. The Morgan fingerprint density at radius 2 is 1.85 bits per heavy atom. The highest BCUT2D eigenvalue weighted by Crippen LogP contribution is 2.33. The fraction of sp³-hybridized carbons (Fsp3) is 0.250. The molecule has 1 aliphatic heterocycles. The van der Waals surface area contributed by atoms with E-state index in [0.717, 1.165) is 28.9 Å². The zero-order valence-electron chi connectivity index (χ0n) is 17.8. The number of aromatic nitrogens is 3. The number of carbonyl (C=O) groups is 2. The van der Waals surface area contributed by atoms with Crippen molar-refractivity contribution in [2.24, 2.45) is 0 Å². The smallest absolute Gasteiger partial charge is 0.261 e. The van der Waals surface area contributed by atoms with Crippen LogP contribution in [0.4, 0.5) is 4.39 Å². The van der Waals surface area contributed by atoms with Crippen molar-refractivity contribution in [2.45, 2.75) is 25.3 Å². The number of carbonyl (C=O) groups excluding carboxylic acids is 2. The van der Waals surface area contributed by atoms with Crippen LogP contribution in [0.1, 0.15) is 49.2 Å². The van der Waals surface area contributed by atoms with Crippen LogP contribution < -0.4 is 5.32 Å². The van der Waals surface area contributed by atoms with Crippen molar-refractivity contribution in [1.82, 2.24) is 24.8 Å². The Hall–Kier alpha value is -3.59. The molecule has 0 unspecified atom stereocenters. The van der Waals surface area contributed by atoms with E-state index in [1.165, 1.54) is 41.9 Å². The molecule has 0 radical (unpaired) electrons. The number of hydrogen-bond donors (Lipinski definition) is 1. The third-order valence-corrected chi connectivity index (χ3v) is 7.16. The molecule has 0 atom stereocenters. The summed E-state index contributed by atoms with van der Waals surface area (Å²) < 4.78 is 14.8. The average Bonchev–Trinajstić information content (AvgIpc) is 3.52. The topological polar surface area (TPSA) is 79.6 Å². The molecule has 1 saturated heterocycles. The minimum atomic E-state index is -0.348. The summed E-state index contributed by atoms with van der Waals surface area (Å²) in [6.45, 7) is 1.70. The highest BCUT2D eigenvalue weighted by Gasteiger charge is 2.26. The van der Waals surface area contributed by atoms with Gasteiger partial charge in [0.1, 0.15) is 12.1 Å². The highest BCUT2D eigenvalue weighted by molar-refractivity contribution is 7.14. The maximum Gasteiger partial charge on any atom is 0.261 e. The number of benzene rings is 1. The van der Waals surface area contributed by atoms with Crippen LogP contribution in [0.5, 0.6) is 0 Å². The molecule has 0 spiro atoms. The minimum absolute atomic E-state index is 0.0659. The predicted octanol–water partition coefficient (Wildman–Crippen LogP) is 3.88. The summed E-state index contributed by atoms with van der Waals surface area (Å²) in [5, 5.41) is 7.07. The number of piperidine rings is 1. The van der Waals surface area contributed by atoms with E-state index in [2.05, 4.69) is 15.4 Å². The second kappa shape index (κ2) is 9.11. The Morgan fingerprint density at radius 1 is 1.06 bits per heavy atom. The van der Waals surface area contributed by atoms with Crippen LogP contribution in [0.25, 0.3) is 5.65 Å². The molecule has 2 amide bonds. The Balaban J connectivity index is 1.15. The Morgan fingerprint density at radius 3 is 2.64 bits per heavy atom. The van der Waals surface area contributed by atoms with E-state index < -0.39 is 0 Å². The van der Waals surface area contributed by atoms with Crippen molar-refractivity contribution in [3.05, 3.63) is 87.8 Å². The van der Waals surface area contributed by atoms with Crippen LogP contribution in [0.2, 0.25) is 0 Å². The first-order valence-corrected chi connectivity index (χ1v) is 11.6. The van der Waals surface area contributed by atoms with Gasteiger partial charge in [0.05, 0.1) is 4.88 Å². The molecular formula is C24H22FN5O2S. The van der Waals surface area contributed by atoms with E-state index in [0.29, 0.717) is 36.0 Å². The van der Waals surface area contributed by atoms with Gasteiger partial charge in [0.2, 0.25) is 0 Å². The molecule has 4 aromatic rings. The Kier molecular flexibility index (Phi) is 5.87. The predicted molar refractivity (Wildman–Crippen MR) is 123 cm³/mol. The standard InChI is InChI=1S/C24H22FN5O2S/c25-19-4-2-18(3-5-19)24(32)29-11-9-17(10-12-29)20-6-7-21(33-20)23(31)26-13-16-1-8-22-27-15-28-30(22)14-16/h1-8,14-15,17H,9-13H2,(H,26,31). The second-order valence-corrected chi connectivity index (χ2v) is 9.17. The van der Waals surface area contributed by atoms with E-state index in [9.17, 15) is 14.0 Å². The molecule has 5 rings (SSSR count). The molecule has 1 N–H and O–H groups in total. The lowest BCUT2D eigenvalue weighted by Crippen LogP contribution is -2.37. The summed E-state index contributed by atoms with van der Waals surface area (Å²) in [5.41, 5.74) is 2.21. The number of amides is 2. The van der Waals surface area contributed by atoms with Gasteiger partial charge in [-0.2, -0.15) is 5.10 Å². The average molecular weight is 464 g/mol. The number of nitrogens with zero attached hydrogens (tertiary/aromatic N) is 4. The fourth-order valence-corrected chi connectivity index (χ4v) is 5.16. The van der Waals surface area contributed by atoms with Crippen LogP contribution in [0.15, 0.2) is 61.1 Å². The van der Waals surface area contributed by atoms with E-state index in [1.54, 1.807) is 4.52 Å². The molecular weight excluding hydrogens is 441 g/mol. The first-order chi connectivity index (χ1) is 16.1. The van der Waals surface area contributed by atoms with Gasteiger partial charge in [0.25, 0.3) is 11.8 Å². The summed E-state index contributed by atoms with van der Waals surface area (Å²) in [6, 6.07) is 13.3. The monoisotopic (exact) mass is 463 g/mol. The summed E-state index contributed by atoms with van der Waals surface area (Å²) in [5.74, 6) is -0.194. The number of fused-ring (bicyclic) bond motifs is 1. The maximum absolute atomic E-state index is 13.1. The largest absolute Gasteiger partial charge is 0.347 e. The molecule has 3 aromatic heterocycles. The van der Waals surface area contributed by atoms with Gasteiger partial charge in [-0.25, -0.2) is 13.9 Å². The summed E-state index contributed by atoms with van der Waals surface area (Å²) in [6.07, 6.45) is 5.02. The summed E-state index contributed by atoms with van der Waals surface area (Å²) in [4.78, 5) is 33.0. The zero-order valence-corrected chi connectivity index (χ0v) is 18.6. The van der Waals surface area contributed by atoms with Gasteiger partial charge < -0.3 is 10.2 Å². The number of likely N-dealkylation sites (tertiary alicyclic amines) is 1. The molecule has 0 saturated carbocycles. The van der Waals surface area contributed by atoms with Crippen molar-refractivity contribution in [1.29, 1.82) is 0 Å². The Labute approximate surface area is 193 Å². The highest BCUT2D eigenvalue weighted by atomic mass is 32.1. The van der Waals surface area contributed by atoms with Crippen LogP contribution in [-0.2, 0) is 6.54 Å². The molecule has 0 aliphatic carbocycles. The molecule has 1 fully saturated rings. The molecule has 4 heterocycles. The van der Waals surface area contributed by atoms with Crippen molar-refractivity contribution < 1.29 is 14.0 Å². The van der Waals surface area contributed by atoms with Gasteiger partial charge in [-0.15, -0.1) is 11.3 Å². The van der Waals surface area contributed by atoms with Gasteiger partial charge in [-0.3, -0.25) is 9.59 Å². The van der Waals surface area contributed by atoms with Crippen LogP contribution >= 0.6 is 11.3 Å². The lowest BCUT2D eigenvalue weighted by molar-refractivity contribution is 0.0713. The molecule has 1 aliphatic rings. The lowest BCUT2D eigenvalue weighted by Gasteiger charge is -2.31. The first kappa shape index (κ1) is 21.3. The van der Waals surface area contributed by atoms with Crippen molar-refractivity contribution in [3.63, 3.8) is 0 Å². The Bertz CT molecular complexity index is 1290. The molecule has 9 heteroatoms. The van der Waals surface area contributed by atoms with Crippen molar-refractivity contribution in [3.8, 4) is 0 Å². The van der Waals surface area contributed by atoms with Crippen molar-refractivity contribution >= 4 is 28.8 Å². The van der Waals surface area contributed by atoms with E-state index in [4.69, 9.17) is 0 Å². The number of nitrogens with one attached hydrogen (secondary N) is 1. The van der Waals surface area contributed by atoms with Gasteiger partial charge >= 0.3 is 0 Å². The second-order valence-electron chi connectivity index (χ2n) is 8.06. The molecule has 0 bridgehead atoms. The number of hydrogen-bond acceptors (Lipinski definition) is 5. The SMILES string of the molecule is O=C(NCc1ccc2ncnn2c1)c1ccc(C2CCN(C(=O)c3ccc(F)cc3)CC2)s1. The van der Waals surface area contributed by atoms with Crippen LogP contribution in [0, 0.1) is 5.82 Å². The molecule has 168 valence electrons. The van der Waals surface area contributed by atoms with Crippen LogP contribution in [0.3, 0.4) is 0 Å². The molecule has 7 nitrogen and oxygen atoms in total. The van der Waals surface area contributed by atoms with Gasteiger partial charge in [0.15, 0.2) is 5.65 Å². The quantitative estimate of drug-likeness (QED) is 0.487. The minimum Gasteiger partial charge on any atom is -0.347 e. The van der Waals surface area contributed by atoms with Crippen LogP contribution in [-0.4, -0.2) is 44.4 Å². The third kappa shape index (κ3) is 4.63. The number of thiophene rings is 1. The number of rotatable bonds is 5. The fourth-order valence-electron chi connectivity index (χ4n) is 4.07. The molecule has 1 aromatic carbocycles. The lowest BCUT2D eigenvalue weighted by atomic mass is 9.95. The van der Waals surface area contributed by atoms with Gasteiger partial charge in [-0.1, -0.05) is 6.07 Å². The van der Waals surface area contributed by atoms with Gasteiger partial charge in [-0.05, 0) is 66.8 Å². The number of halogens is 1. The van der Waals surface area contributed by atoms with E-state index in [-0.39, 0.29) is 17.6 Å². The van der Waals surface area contributed by atoms with Gasteiger partial charge in [0, 0.05) is 36.3 Å². The first-order valence-electron chi connectivity index (χ1n) is 10.8. The summed E-state index contributed by atoms with van der Waals surface area (Å²) in [7, 11) is 0. The summed E-state index contributed by atoms with van der Waals surface area (Å²) >= 11 is 1.51.